The normalized spacial score (nSPS) is 14.5. The first-order valence-corrected chi connectivity index (χ1v) is 5.67. The molecule has 1 aliphatic carbocycles. The van der Waals surface area contributed by atoms with Gasteiger partial charge in [-0.2, -0.15) is 0 Å². The van der Waals surface area contributed by atoms with Crippen molar-refractivity contribution in [2.45, 2.75) is 19.3 Å². The lowest BCUT2D eigenvalue weighted by molar-refractivity contribution is -0.118. The minimum atomic E-state index is 0.271. The van der Waals surface area contributed by atoms with Crippen LogP contribution in [0.25, 0.3) is 0 Å². The maximum Gasteiger partial charge on any atom is 0.289 e. The Hall–Kier alpha value is -2.03. The molecule has 0 aliphatic heterocycles. The van der Waals surface area contributed by atoms with Crippen molar-refractivity contribution >= 4 is 5.78 Å². The third kappa shape index (κ3) is 1.96. The minimum absolute atomic E-state index is 0.271. The number of carbonyl (C=O) groups is 1. The zero-order valence-corrected chi connectivity index (χ0v) is 9.31. The molecule has 0 atom stereocenters. The Labute approximate surface area is 99.0 Å². The lowest BCUT2D eigenvalue weighted by Gasteiger charge is -2.17. The van der Waals surface area contributed by atoms with Crippen molar-refractivity contribution in [1.29, 1.82) is 0 Å². The fourth-order valence-corrected chi connectivity index (χ4v) is 2.13. The third-order valence-corrected chi connectivity index (χ3v) is 2.98. The third-order valence-electron chi connectivity index (χ3n) is 2.98. The van der Waals surface area contributed by atoms with Crippen molar-refractivity contribution in [2.75, 3.05) is 0 Å². The van der Waals surface area contributed by atoms with Gasteiger partial charge in [0.25, 0.3) is 5.95 Å². The molecule has 3 rings (SSSR count). The molecule has 3 nitrogen and oxygen atoms in total. The number of Topliss-reactive ketones (excluding diaryl/α,β-unsaturated/α-hetero) is 1. The first kappa shape index (κ1) is 10.1. The van der Waals surface area contributed by atoms with Crippen LogP contribution in [0, 0.1) is 0 Å². The van der Waals surface area contributed by atoms with Gasteiger partial charge in [0.2, 0.25) is 0 Å². The van der Waals surface area contributed by atoms with Crippen LogP contribution >= 0.6 is 0 Å². The lowest BCUT2D eigenvalue weighted by atomic mass is 9.90. The number of fused-ring (bicyclic) bond motifs is 1. The summed E-state index contributed by atoms with van der Waals surface area (Å²) in [6.45, 7) is 0. The van der Waals surface area contributed by atoms with E-state index < -0.39 is 0 Å². The summed E-state index contributed by atoms with van der Waals surface area (Å²) in [5.74, 6) is 1.45. The van der Waals surface area contributed by atoms with Gasteiger partial charge in [-0.1, -0.05) is 12.1 Å². The highest BCUT2D eigenvalue weighted by Gasteiger charge is 2.19. The molecular weight excluding hydrogens is 216 g/mol. The number of benzene rings is 1. The summed E-state index contributed by atoms with van der Waals surface area (Å²) < 4.78 is 10.8. The van der Waals surface area contributed by atoms with E-state index in [1.54, 1.807) is 18.4 Å². The van der Waals surface area contributed by atoms with E-state index >= 15 is 0 Å². The summed E-state index contributed by atoms with van der Waals surface area (Å²) in [6, 6.07) is 9.41. The van der Waals surface area contributed by atoms with Gasteiger partial charge in [0, 0.05) is 24.5 Å². The Morgan fingerprint density at radius 3 is 2.88 bits per heavy atom. The topological polar surface area (TPSA) is 39.4 Å². The molecule has 2 aromatic rings. The molecule has 17 heavy (non-hydrogen) atoms. The molecule has 0 spiro atoms. The smallest absolute Gasteiger partial charge is 0.289 e. The molecule has 0 saturated heterocycles. The zero-order valence-electron chi connectivity index (χ0n) is 9.31. The van der Waals surface area contributed by atoms with Crippen LogP contribution < -0.4 is 4.74 Å². The molecule has 1 aliphatic rings. The predicted molar refractivity (Wildman–Crippen MR) is 62.3 cm³/mol. The minimum Gasteiger partial charge on any atom is -0.434 e. The molecule has 1 aromatic carbocycles. The van der Waals surface area contributed by atoms with E-state index in [0.29, 0.717) is 18.8 Å². The Kier molecular flexibility index (Phi) is 2.44. The molecule has 0 radical (unpaired) electrons. The molecule has 0 amide bonds. The first-order valence-electron chi connectivity index (χ1n) is 5.67. The van der Waals surface area contributed by atoms with Crippen molar-refractivity contribution < 1.29 is 13.9 Å². The quantitative estimate of drug-likeness (QED) is 0.792. The first-order chi connectivity index (χ1) is 8.33. The number of carbonyl (C=O) groups excluding carboxylic acids is 1. The Morgan fingerprint density at radius 2 is 2.06 bits per heavy atom. The van der Waals surface area contributed by atoms with Crippen LogP contribution in [0.1, 0.15) is 17.5 Å². The predicted octanol–water partition coefficient (Wildman–Crippen LogP) is 3.13. The molecule has 0 N–H and O–H groups in total. The van der Waals surface area contributed by atoms with Crippen LogP contribution in [0.3, 0.4) is 0 Å². The van der Waals surface area contributed by atoms with E-state index in [4.69, 9.17) is 9.15 Å². The molecule has 3 heteroatoms. The van der Waals surface area contributed by atoms with Gasteiger partial charge in [-0.3, -0.25) is 4.79 Å². The summed E-state index contributed by atoms with van der Waals surface area (Å²) in [4.78, 5) is 11.5. The van der Waals surface area contributed by atoms with Gasteiger partial charge in [-0.25, -0.2) is 0 Å². The summed E-state index contributed by atoms with van der Waals surface area (Å²) in [7, 11) is 0. The van der Waals surface area contributed by atoms with E-state index in [-0.39, 0.29) is 5.78 Å². The van der Waals surface area contributed by atoms with E-state index in [2.05, 4.69) is 6.07 Å². The van der Waals surface area contributed by atoms with Gasteiger partial charge >= 0.3 is 0 Å². The van der Waals surface area contributed by atoms with Crippen molar-refractivity contribution in [3.8, 4) is 11.7 Å². The molecule has 0 unspecified atom stereocenters. The van der Waals surface area contributed by atoms with Gasteiger partial charge in [0.15, 0.2) is 0 Å². The van der Waals surface area contributed by atoms with Gasteiger partial charge < -0.3 is 9.15 Å². The molecular formula is C14H12O3. The standard InChI is InChI=1S/C14H12O3/c15-11-7-6-10-3-1-4-13(12(10)9-11)17-14-5-2-8-16-14/h1-5,8H,6-7,9H2. The average molecular weight is 228 g/mol. The van der Waals surface area contributed by atoms with Gasteiger partial charge in [-0.05, 0) is 24.1 Å². The summed E-state index contributed by atoms with van der Waals surface area (Å²) >= 11 is 0. The molecule has 86 valence electrons. The van der Waals surface area contributed by atoms with Crippen molar-refractivity contribution in [3.63, 3.8) is 0 Å². The highest BCUT2D eigenvalue weighted by molar-refractivity contribution is 5.84. The molecule has 1 heterocycles. The average Bonchev–Trinajstić information content (AvgIpc) is 2.83. The van der Waals surface area contributed by atoms with Gasteiger partial charge in [0.05, 0.1) is 6.26 Å². The van der Waals surface area contributed by atoms with E-state index in [1.807, 2.05) is 12.1 Å². The SMILES string of the molecule is O=C1CCc2cccc(Oc3ccco3)c2C1. The van der Waals surface area contributed by atoms with Crippen molar-refractivity contribution in [1.82, 2.24) is 0 Å². The van der Waals surface area contributed by atoms with E-state index in [0.717, 1.165) is 17.7 Å². The maximum absolute atomic E-state index is 11.5. The highest BCUT2D eigenvalue weighted by Crippen LogP contribution is 2.31. The number of furan rings is 1. The number of ether oxygens (including phenoxy) is 1. The second-order valence-electron chi connectivity index (χ2n) is 4.14. The zero-order chi connectivity index (χ0) is 11.7. The van der Waals surface area contributed by atoms with E-state index in [9.17, 15) is 4.79 Å². The Bertz CT molecular complexity index is 541. The Balaban J connectivity index is 1.97. The van der Waals surface area contributed by atoms with Crippen LogP contribution in [-0.4, -0.2) is 5.78 Å². The van der Waals surface area contributed by atoms with E-state index in [1.165, 1.54) is 5.56 Å². The van der Waals surface area contributed by atoms with Crippen molar-refractivity contribution in [3.05, 3.63) is 47.7 Å². The van der Waals surface area contributed by atoms with Crippen LogP contribution in [0.5, 0.6) is 11.7 Å². The van der Waals surface area contributed by atoms with Crippen LogP contribution in [0.15, 0.2) is 41.0 Å². The maximum atomic E-state index is 11.5. The second kappa shape index (κ2) is 4.09. The van der Waals surface area contributed by atoms with Crippen LogP contribution in [0.4, 0.5) is 0 Å². The summed E-state index contributed by atoms with van der Waals surface area (Å²) in [5, 5.41) is 0. The Morgan fingerprint density at radius 1 is 1.12 bits per heavy atom. The number of hydrogen-bond donors (Lipinski definition) is 0. The number of hydrogen-bond acceptors (Lipinski definition) is 3. The van der Waals surface area contributed by atoms with Crippen LogP contribution in [-0.2, 0) is 17.6 Å². The second-order valence-corrected chi connectivity index (χ2v) is 4.14. The monoisotopic (exact) mass is 228 g/mol. The van der Waals surface area contributed by atoms with Gasteiger partial charge in [-0.15, -0.1) is 0 Å². The number of rotatable bonds is 2. The van der Waals surface area contributed by atoms with Gasteiger partial charge in [0.1, 0.15) is 11.5 Å². The largest absolute Gasteiger partial charge is 0.434 e. The summed E-state index contributed by atoms with van der Waals surface area (Å²) in [5.41, 5.74) is 2.20. The fraction of sp³-hybridized carbons (Fsp3) is 0.214. The number of ketones is 1. The summed E-state index contributed by atoms with van der Waals surface area (Å²) in [6.07, 6.45) is 3.48. The molecule has 0 saturated carbocycles. The lowest BCUT2D eigenvalue weighted by Crippen LogP contribution is -2.13. The molecule has 0 fully saturated rings. The highest BCUT2D eigenvalue weighted by atomic mass is 16.6. The molecule has 1 aromatic heterocycles. The number of aryl methyl sites for hydroxylation is 1. The van der Waals surface area contributed by atoms with Crippen LogP contribution in [0.2, 0.25) is 0 Å². The molecule has 0 bridgehead atoms. The fourth-order valence-electron chi connectivity index (χ4n) is 2.13. The van der Waals surface area contributed by atoms with Crippen molar-refractivity contribution in [2.24, 2.45) is 0 Å².